The van der Waals surface area contributed by atoms with E-state index in [4.69, 9.17) is 0 Å². The van der Waals surface area contributed by atoms with E-state index in [0.717, 1.165) is 38.2 Å². The molecule has 1 fully saturated rings. The maximum Gasteiger partial charge on any atom is 0.224 e. The Balaban J connectivity index is 1.43. The van der Waals surface area contributed by atoms with Crippen LogP contribution in [0.3, 0.4) is 0 Å². The Hall–Kier alpha value is -2.44. The normalized spacial score (nSPS) is 17.9. The van der Waals surface area contributed by atoms with Crippen LogP contribution in [0.25, 0.3) is 0 Å². The van der Waals surface area contributed by atoms with Crippen molar-refractivity contribution in [3.8, 4) is 0 Å². The second kappa shape index (κ2) is 7.71. The number of aryl methyl sites for hydroxylation is 1. The fraction of sp³-hybridized carbons (Fsp3) is 0.500. The van der Waals surface area contributed by atoms with Crippen LogP contribution in [0.5, 0.6) is 0 Å². The van der Waals surface area contributed by atoms with Crippen LogP contribution in [0.2, 0.25) is 0 Å². The highest BCUT2D eigenvalue weighted by atomic mass is 16.1. The Morgan fingerprint density at radius 1 is 1.35 bits per heavy atom. The third-order valence-corrected chi connectivity index (χ3v) is 4.09. The summed E-state index contributed by atoms with van der Waals surface area (Å²) < 4.78 is 1.88. The Bertz CT molecular complexity index is 600. The van der Waals surface area contributed by atoms with Crippen LogP contribution in [0.15, 0.2) is 37.1 Å². The van der Waals surface area contributed by atoms with Gasteiger partial charge in [0, 0.05) is 51.0 Å². The van der Waals surface area contributed by atoms with Crippen molar-refractivity contribution in [2.45, 2.75) is 25.8 Å². The summed E-state index contributed by atoms with van der Waals surface area (Å²) >= 11 is 0. The van der Waals surface area contributed by atoms with Crippen molar-refractivity contribution in [1.29, 1.82) is 0 Å². The fourth-order valence-corrected chi connectivity index (χ4v) is 2.88. The number of nitrogens with zero attached hydrogens (tertiary/aromatic N) is 5. The highest BCUT2D eigenvalue weighted by Crippen LogP contribution is 2.20. The molecule has 0 unspecified atom stereocenters. The minimum absolute atomic E-state index is 0.0236. The smallest absolute Gasteiger partial charge is 0.224 e. The number of piperidine rings is 1. The molecule has 0 aromatic carbocycles. The maximum absolute atomic E-state index is 12.3. The van der Waals surface area contributed by atoms with Gasteiger partial charge in [-0.05, 0) is 25.3 Å². The molecule has 0 saturated carbocycles. The van der Waals surface area contributed by atoms with Gasteiger partial charge >= 0.3 is 0 Å². The van der Waals surface area contributed by atoms with Gasteiger partial charge in [-0.15, -0.1) is 0 Å². The Morgan fingerprint density at radius 3 is 3.09 bits per heavy atom. The number of carbonyl (C=O) groups excluding carboxylic acids is 1. The van der Waals surface area contributed by atoms with E-state index in [1.54, 1.807) is 24.8 Å². The molecule has 7 heteroatoms. The van der Waals surface area contributed by atoms with Crippen molar-refractivity contribution in [2.75, 3.05) is 24.5 Å². The van der Waals surface area contributed by atoms with E-state index < -0.39 is 0 Å². The zero-order valence-electron chi connectivity index (χ0n) is 13.1. The largest absolute Gasteiger partial charge is 0.356 e. The summed E-state index contributed by atoms with van der Waals surface area (Å²) in [6.07, 6.45) is 11.6. The van der Waals surface area contributed by atoms with Gasteiger partial charge in [0.15, 0.2) is 0 Å². The first kappa shape index (κ1) is 15.5. The maximum atomic E-state index is 12.3. The third-order valence-electron chi connectivity index (χ3n) is 4.09. The standard InChI is InChI=1S/C16H22N6O/c23-16(19-5-2-10-22-11-3-6-20-22)14-4-1-9-21(13-14)15-12-17-7-8-18-15/h3,6-8,11-12,14H,1-2,4-5,9-10,13H2,(H,19,23)/t14-/m1/s1. The topological polar surface area (TPSA) is 75.9 Å². The highest BCUT2D eigenvalue weighted by molar-refractivity contribution is 5.79. The lowest BCUT2D eigenvalue weighted by Gasteiger charge is -2.32. The summed E-state index contributed by atoms with van der Waals surface area (Å²) in [5, 5.41) is 7.19. The van der Waals surface area contributed by atoms with Gasteiger partial charge in [-0.2, -0.15) is 5.10 Å². The predicted molar refractivity (Wildman–Crippen MR) is 86.8 cm³/mol. The van der Waals surface area contributed by atoms with E-state index in [9.17, 15) is 4.79 Å². The molecule has 122 valence electrons. The van der Waals surface area contributed by atoms with Gasteiger partial charge in [0.05, 0.1) is 12.1 Å². The minimum atomic E-state index is 0.0236. The van der Waals surface area contributed by atoms with Crippen molar-refractivity contribution < 1.29 is 4.79 Å². The summed E-state index contributed by atoms with van der Waals surface area (Å²) in [7, 11) is 0. The van der Waals surface area contributed by atoms with Crippen molar-refractivity contribution in [3.63, 3.8) is 0 Å². The number of amides is 1. The predicted octanol–water partition coefficient (Wildman–Crippen LogP) is 1.10. The summed E-state index contributed by atoms with van der Waals surface area (Å²) in [5.74, 6) is 1.01. The van der Waals surface area contributed by atoms with E-state index in [1.165, 1.54) is 0 Å². The first-order valence-corrected chi connectivity index (χ1v) is 8.09. The highest BCUT2D eigenvalue weighted by Gasteiger charge is 2.26. The van der Waals surface area contributed by atoms with E-state index in [1.807, 2.05) is 16.9 Å². The van der Waals surface area contributed by atoms with Crippen LogP contribution >= 0.6 is 0 Å². The second-order valence-corrected chi connectivity index (χ2v) is 5.76. The summed E-state index contributed by atoms with van der Waals surface area (Å²) in [6.45, 7) is 3.15. The monoisotopic (exact) mass is 314 g/mol. The number of carbonyl (C=O) groups is 1. The van der Waals surface area contributed by atoms with Crippen molar-refractivity contribution in [2.24, 2.45) is 5.92 Å². The van der Waals surface area contributed by atoms with Crippen LogP contribution in [-0.4, -0.2) is 45.3 Å². The van der Waals surface area contributed by atoms with E-state index in [0.29, 0.717) is 13.1 Å². The zero-order valence-corrected chi connectivity index (χ0v) is 13.1. The first-order valence-electron chi connectivity index (χ1n) is 8.09. The number of anilines is 1. The van der Waals surface area contributed by atoms with Gasteiger partial charge in [-0.1, -0.05) is 0 Å². The SMILES string of the molecule is O=C(NCCCn1cccn1)[C@@H]1CCCN(c2cnccn2)C1. The van der Waals surface area contributed by atoms with Crippen molar-refractivity contribution in [1.82, 2.24) is 25.1 Å². The van der Waals surface area contributed by atoms with E-state index >= 15 is 0 Å². The number of hydrogen-bond acceptors (Lipinski definition) is 5. The molecule has 0 radical (unpaired) electrons. The number of rotatable bonds is 6. The van der Waals surface area contributed by atoms with Crippen molar-refractivity contribution in [3.05, 3.63) is 37.1 Å². The molecular weight excluding hydrogens is 292 g/mol. The number of nitrogens with one attached hydrogen (secondary N) is 1. The average molecular weight is 314 g/mol. The molecule has 23 heavy (non-hydrogen) atoms. The molecule has 1 aliphatic heterocycles. The van der Waals surface area contributed by atoms with Gasteiger partial charge in [0.25, 0.3) is 0 Å². The van der Waals surface area contributed by atoms with E-state index in [2.05, 4.69) is 25.3 Å². The molecule has 1 saturated heterocycles. The number of hydrogen-bond donors (Lipinski definition) is 1. The van der Waals surface area contributed by atoms with Gasteiger partial charge in [0.1, 0.15) is 5.82 Å². The van der Waals surface area contributed by atoms with Crippen LogP contribution in [0.4, 0.5) is 5.82 Å². The lowest BCUT2D eigenvalue weighted by atomic mass is 9.97. The molecule has 3 heterocycles. The van der Waals surface area contributed by atoms with Crippen LogP contribution in [-0.2, 0) is 11.3 Å². The summed E-state index contributed by atoms with van der Waals surface area (Å²) in [5.41, 5.74) is 0. The van der Waals surface area contributed by atoms with Crippen LogP contribution in [0, 0.1) is 5.92 Å². The van der Waals surface area contributed by atoms with Crippen molar-refractivity contribution >= 4 is 11.7 Å². The Labute approximate surface area is 135 Å². The molecule has 1 aliphatic rings. The summed E-state index contributed by atoms with van der Waals surface area (Å²) in [6, 6.07) is 1.90. The van der Waals surface area contributed by atoms with Gasteiger partial charge in [-0.3, -0.25) is 14.5 Å². The van der Waals surface area contributed by atoms with Gasteiger partial charge in [-0.25, -0.2) is 4.98 Å². The summed E-state index contributed by atoms with van der Waals surface area (Å²) in [4.78, 5) is 22.9. The molecule has 1 atom stereocenters. The molecule has 0 bridgehead atoms. The van der Waals surface area contributed by atoms with Crippen LogP contribution in [0.1, 0.15) is 19.3 Å². The molecule has 0 spiro atoms. The van der Waals surface area contributed by atoms with E-state index in [-0.39, 0.29) is 11.8 Å². The first-order chi connectivity index (χ1) is 11.3. The fourth-order valence-electron chi connectivity index (χ4n) is 2.88. The van der Waals surface area contributed by atoms with Gasteiger partial charge in [0.2, 0.25) is 5.91 Å². The molecule has 7 nitrogen and oxygen atoms in total. The lowest BCUT2D eigenvalue weighted by Crippen LogP contribution is -2.43. The molecule has 1 amide bonds. The molecule has 3 rings (SSSR count). The third kappa shape index (κ3) is 4.28. The molecule has 2 aromatic heterocycles. The molecule has 1 N–H and O–H groups in total. The average Bonchev–Trinajstić information content (AvgIpc) is 3.13. The zero-order chi connectivity index (χ0) is 15.9. The quantitative estimate of drug-likeness (QED) is 0.808. The molecular formula is C16H22N6O. The van der Waals surface area contributed by atoms with Gasteiger partial charge < -0.3 is 10.2 Å². The molecule has 2 aromatic rings. The lowest BCUT2D eigenvalue weighted by molar-refractivity contribution is -0.125. The Kier molecular flexibility index (Phi) is 5.18. The Morgan fingerprint density at radius 2 is 2.30 bits per heavy atom. The second-order valence-electron chi connectivity index (χ2n) is 5.76. The van der Waals surface area contributed by atoms with Crippen LogP contribution < -0.4 is 10.2 Å². The number of aromatic nitrogens is 4. The molecule has 0 aliphatic carbocycles. The minimum Gasteiger partial charge on any atom is -0.356 e.